The first kappa shape index (κ1) is 18.1. The Morgan fingerprint density at radius 3 is 3.00 bits per heavy atom. The number of halogens is 1. The quantitative estimate of drug-likeness (QED) is 0.863. The summed E-state index contributed by atoms with van der Waals surface area (Å²) in [6.07, 6.45) is 1.30. The zero-order chi connectivity index (χ0) is 19.8. The average Bonchev–Trinajstić information content (AvgIpc) is 3.22. The van der Waals surface area contributed by atoms with Gasteiger partial charge in [0.15, 0.2) is 0 Å². The smallest absolute Gasteiger partial charge is 0.414 e. The second-order valence-electron chi connectivity index (χ2n) is 6.91. The molecule has 0 bridgehead atoms. The Labute approximate surface area is 161 Å². The number of hydrogen-bond donors (Lipinski definition) is 1. The molecule has 1 atom stereocenters. The van der Waals surface area contributed by atoms with Crippen LogP contribution in [0.15, 0.2) is 24.4 Å². The lowest BCUT2D eigenvalue weighted by Gasteiger charge is -2.15. The first-order valence-electron chi connectivity index (χ1n) is 9.02. The van der Waals surface area contributed by atoms with Gasteiger partial charge in [-0.2, -0.15) is 0 Å². The van der Waals surface area contributed by atoms with E-state index < -0.39 is 18.0 Å². The van der Waals surface area contributed by atoms with Crippen molar-refractivity contribution in [1.29, 1.82) is 0 Å². The molecule has 4 rings (SSSR count). The zero-order valence-electron chi connectivity index (χ0n) is 15.6. The van der Waals surface area contributed by atoms with Crippen LogP contribution < -0.4 is 15.1 Å². The lowest BCUT2D eigenvalue weighted by molar-refractivity contribution is -0.119. The predicted molar refractivity (Wildman–Crippen MR) is 101 cm³/mol. The molecule has 2 aliphatic heterocycles. The minimum Gasteiger partial charge on any atom is -0.442 e. The number of anilines is 2. The Morgan fingerprint density at radius 2 is 2.25 bits per heavy atom. The van der Waals surface area contributed by atoms with Crippen LogP contribution in [0.3, 0.4) is 0 Å². The summed E-state index contributed by atoms with van der Waals surface area (Å²) in [5.41, 5.74) is 2.04. The van der Waals surface area contributed by atoms with Crippen molar-refractivity contribution in [3.05, 3.63) is 35.9 Å². The van der Waals surface area contributed by atoms with Crippen molar-refractivity contribution in [1.82, 2.24) is 15.3 Å². The Morgan fingerprint density at radius 1 is 1.43 bits per heavy atom. The van der Waals surface area contributed by atoms with Crippen molar-refractivity contribution in [2.75, 3.05) is 36.5 Å². The Hall–Kier alpha value is -3.23. The molecule has 2 aliphatic rings. The van der Waals surface area contributed by atoms with Crippen LogP contribution in [0.1, 0.15) is 12.6 Å². The normalized spacial score (nSPS) is 18.2. The predicted octanol–water partition coefficient (Wildman–Crippen LogP) is 1.74. The number of fused-ring (bicyclic) bond motifs is 1. The van der Waals surface area contributed by atoms with E-state index in [2.05, 4.69) is 15.3 Å². The standard InChI is InChI=1S/C19H20FN5O3/c1-11(26)21-8-13-10-25(19(27)28-13)12-3-4-14(15(20)7-12)17-9-22-18-16(23-17)5-6-24(18)2/h3-4,7,9,13H,5-6,8,10H2,1-2H3,(H,21,26)/t13-/m0/s1. The van der Waals surface area contributed by atoms with Crippen molar-refractivity contribution in [3.8, 4) is 11.3 Å². The van der Waals surface area contributed by atoms with Gasteiger partial charge in [0.25, 0.3) is 0 Å². The summed E-state index contributed by atoms with van der Waals surface area (Å²) in [6, 6.07) is 4.54. The van der Waals surface area contributed by atoms with Crippen LogP contribution in [0, 0.1) is 5.82 Å². The number of cyclic esters (lactones) is 1. The van der Waals surface area contributed by atoms with Gasteiger partial charge in [-0.1, -0.05) is 0 Å². The second kappa shape index (κ2) is 7.06. The molecule has 1 N–H and O–H groups in total. The summed E-state index contributed by atoms with van der Waals surface area (Å²) < 4.78 is 20.0. The number of amides is 2. The van der Waals surface area contributed by atoms with Crippen molar-refractivity contribution in [3.63, 3.8) is 0 Å². The molecule has 1 saturated heterocycles. The molecule has 2 amide bonds. The summed E-state index contributed by atoms with van der Waals surface area (Å²) in [5.74, 6) is 0.133. The van der Waals surface area contributed by atoms with Gasteiger partial charge in [0.1, 0.15) is 17.7 Å². The third-order valence-corrected chi connectivity index (χ3v) is 4.86. The van der Waals surface area contributed by atoms with Crippen LogP contribution in [0.5, 0.6) is 0 Å². The molecule has 28 heavy (non-hydrogen) atoms. The van der Waals surface area contributed by atoms with Gasteiger partial charge in [-0.3, -0.25) is 9.69 Å². The first-order chi connectivity index (χ1) is 13.4. The number of ether oxygens (including phenoxy) is 1. The van der Waals surface area contributed by atoms with Gasteiger partial charge in [0, 0.05) is 32.5 Å². The number of nitrogens with zero attached hydrogens (tertiary/aromatic N) is 4. The maximum Gasteiger partial charge on any atom is 0.414 e. The van der Waals surface area contributed by atoms with Crippen LogP contribution in [-0.4, -0.2) is 54.8 Å². The van der Waals surface area contributed by atoms with E-state index >= 15 is 0 Å². The number of likely N-dealkylation sites (N-methyl/N-ethyl adjacent to an activating group) is 1. The highest BCUT2D eigenvalue weighted by molar-refractivity contribution is 5.90. The fraction of sp³-hybridized carbons (Fsp3) is 0.368. The van der Waals surface area contributed by atoms with Crippen LogP contribution in [-0.2, 0) is 16.0 Å². The second-order valence-corrected chi connectivity index (χ2v) is 6.91. The Balaban J connectivity index is 1.54. The molecule has 3 heterocycles. The Kier molecular flexibility index (Phi) is 4.58. The number of rotatable bonds is 4. The Bertz CT molecular complexity index is 951. The topological polar surface area (TPSA) is 87.7 Å². The fourth-order valence-corrected chi connectivity index (χ4v) is 3.39. The molecule has 0 aliphatic carbocycles. The molecule has 1 aromatic heterocycles. The van der Waals surface area contributed by atoms with E-state index in [4.69, 9.17) is 4.74 Å². The van der Waals surface area contributed by atoms with Crippen LogP contribution in [0.25, 0.3) is 11.3 Å². The minimum atomic E-state index is -0.567. The maximum absolute atomic E-state index is 14.8. The molecule has 0 radical (unpaired) electrons. The van der Waals surface area contributed by atoms with E-state index in [-0.39, 0.29) is 19.0 Å². The molecular formula is C19H20FN5O3. The SMILES string of the molecule is CC(=O)NC[C@H]1CN(c2ccc(-c3cnc4c(n3)CCN4C)c(F)c2)C(=O)O1. The summed E-state index contributed by atoms with van der Waals surface area (Å²) >= 11 is 0. The number of carbonyl (C=O) groups excluding carboxylic acids is 2. The van der Waals surface area contributed by atoms with Gasteiger partial charge < -0.3 is 15.0 Å². The molecule has 0 unspecified atom stereocenters. The van der Waals surface area contributed by atoms with Crippen molar-refractivity contribution in [2.24, 2.45) is 0 Å². The van der Waals surface area contributed by atoms with E-state index in [1.165, 1.54) is 17.9 Å². The van der Waals surface area contributed by atoms with E-state index in [0.717, 1.165) is 24.5 Å². The van der Waals surface area contributed by atoms with E-state index in [1.807, 2.05) is 11.9 Å². The molecule has 0 saturated carbocycles. The molecule has 2 aromatic rings. The molecule has 8 nitrogen and oxygen atoms in total. The summed E-state index contributed by atoms with van der Waals surface area (Å²) in [5, 5.41) is 2.61. The molecule has 0 spiro atoms. The lowest BCUT2D eigenvalue weighted by Crippen LogP contribution is -2.33. The highest BCUT2D eigenvalue weighted by Crippen LogP contribution is 2.30. The van der Waals surface area contributed by atoms with Gasteiger partial charge in [-0.15, -0.1) is 0 Å². The van der Waals surface area contributed by atoms with E-state index in [1.54, 1.807) is 18.3 Å². The molecular weight excluding hydrogens is 365 g/mol. The largest absolute Gasteiger partial charge is 0.442 e. The van der Waals surface area contributed by atoms with Gasteiger partial charge in [-0.05, 0) is 18.2 Å². The van der Waals surface area contributed by atoms with Crippen LogP contribution >= 0.6 is 0 Å². The summed E-state index contributed by atoms with van der Waals surface area (Å²) in [6.45, 7) is 2.69. The third-order valence-electron chi connectivity index (χ3n) is 4.86. The van der Waals surface area contributed by atoms with Gasteiger partial charge in [-0.25, -0.2) is 19.2 Å². The van der Waals surface area contributed by atoms with Crippen molar-refractivity contribution < 1.29 is 18.7 Å². The summed E-state index contributed by atoms with van der Waals surface area (Å²) in [4.78, 5) is 35.4. The van der Waals surface area contributed by atoms with E-state index in [9.17, 15) is 14.0 Å². The zero-order valence-corrected chi connectivity index (χ0v) is 15.6. The van der Waals surface area contributed by atoms with Crippen LogP contribution in [0.4, 0.5) is 20.7 Å². The fourth-order valence-electron chi connectivity index (χ4n) is 3.39. The number of hydrogen-bond acceptors (Lipinski definition) is 6. The minimum absolute atomic E-state index is 0.202. The van der Waals surface area contributed by atoms with Crippen molar-refractivity contribution >= 4 is 23.5 Å². The van der Waals surface area contributed by atoms with Crippen LogP contribution in [0.2, 0.25) is 0 Å². The monoisotopic (exact) mass is 385 g/mol. The first-order valence-corrected chi connectivity index (χ1v) is 9.02. The van der Waals surface area contributed by atoms with Gasteiger partial charge in [0.2, 0.25) is 5.91 Å². The van der Waals surface area contributed by atoms with Crippen molar-refractivity contribution in [2.45, 2.75) is 19.4 Å². The highest BCUT2D eigenvalue weighted by atomic mass is 19.1. The number of benzene rings is 1. The molecule has 1 fully saturated rings. The average molecular weight is 385 g/mol. The number of aromatic nitrogens is 2. The maximum atomic E-state index is 14.8. The number of carbonyl (C=O) groups is 2. The number of nitrogens with one attached hydrogen (secondary N) is 1. The third kappa shape index (κ3) is 3.35. The summed E-state index contributed by atoms with van der Waals surface area (Å²) in [7, 11) is 1.95. The highest BCUT2D eigenvalue weighted by Gasteiger charge is 2.32. The van der Waals surface area contributed by atoms with Gasteiger partial charge in [0.05, 0.1) is 36.4 Å². The van der Waals surface area contributed by atoms with E-state index in [0.29, 0.717) is 16.9 Å². The molecule has 1 aromatic carbocycles. The molecule has 9 heteroatoms. The lowest BCUT2D eigenvalue weighted by atomic mass is 10.1. The molecule has 146 valence electrons. The van der Waals surface area contributed by atoms with Gasteiger partial charge >= 0.3 is 6.09 Å².